The lowest BCUT2D eigenvalue weighted by atomic mass is 10.1. The molecule has 0 aromatic heterocycles. The summed E-state index contributed by atoms with van der Waals surface area (Å²) in [6.07, 6.45) is 0. The molecule has 0 aliphatic heterocycles. The van der Waals surface area contributed by atoms with Gasteiger partial charge in [-0.25, -0.2) is 0 Å². The van der Waals surface area contributed by atoms with Crippen LogP contribution in [0.3, 0.4) is 0 Å². The van der Waals surface area contributed by atoms with Gasteiger partial charge in [-0.05, 0) is 42.0 Å². The van der Waals surface area contributed by atoms with Crippen LogP contribution < -0.4 is 0 Å². The predicted molar refractivity (Wildman–Crippen MR) is 78.0 cm³/mol. The molecule has 2 aromatic carbocycles. The summed E-state index contributed by atoms with van der Waals surface area (Å²) in [5.74, 6) is 0.0890. The van der Waals surface area contributed by atoms with Crippen molar-refractivity contribution < 1.29 is 9.90 Å². The molecule has 0 spiro atoms. The van der Waals surface area contributed by atoms with Crippen LogP contribution in [0.2, 0.25) is 0 Å². The Morgan fingerprint density at radius 2 is 1.89 bits per heavy atom. The third-order valence-electron chi connectivity index (χ3n) is 2.77. The maximum absolute atomic E-state index is 12.2. The van der Waals surface area contributed by atoms with Gasteiger partial charge >= 0.3 is 0 Å². The molecule has 98 valence electrons. The highest BCUT2D eigenvalue weighted by molar-refractivity contribution is 9.10. The second-order valence-electron chi connectivity index (χ2n) is 4.34. The largest absolute Gasteiger partial charge is 0.508 e. The Bertz CT molecular complexity index is 581. The molecule has 0 aliphatic rings. The Hall–Kier alpha value is -1.81. The molecule has 4 heteroatoms. The van der Waals surface area contributed by atoms with Crippen molar-refractivity contribution in [2.75, 3.05) is 7.05 Å². The van der Waals surface area contributed by atoms with Crippen LogP contribution in [0.5, 0.6) is 5.75 Å². The first-order chi connectivity index (χ1) is 9.06. The van der Waals surface area contributed by atoms with Gasteiger partial charge in [0, 0.05) is 23.6 Å². The molecule has 0 saturated heterocycles. The van der Waals surface area contributed by atoms with Crippen LogP contribution in [0.25, 0.3) is 0 Å². The van der Waals surface area contributed by atoms with Gasteiger partial charge in [0.2, 0.25) is 0 Å². The normalized spacial score (nSPS) is 10.2. The zero-order valence-corrected chi connectivity index (χ0v) is 12.1. The number of aromatic hydroxyl groups is 1. The molecule has 0 atom stereocenters. The molecule has 0 radical (unpaired) electrons. The molecular formula is C15H14BrNO2. The Balaban J connectivity index is 2.09. The van der Waals surface area contributed by atoms with E-state index in [0.717, 1.165) is 10.0 Å². The fourth-order valence-corrected chi connectivity index (χ4v) is 2.25. The highest BCUT2D eigenvalue weighted by Crippen LogP contribution is 2.15. The van der Waals surface area contributed by atoms with Crippen molar-refractivity contribution in [3.05, 3.63) is 64.1 Å². The average molecular weight is 320 g/mol. The van der Waals surface area contributed by atoms with Crippen LogP contribution in [0, 0.1) is 0 Å². The summed E-state index contributed by atoms with van der Waals surface area (Å²) >= 11 is 3.41. The second-order valence-corrected chi connectivity index (χ2v) is 5.25. The number of halogens is 1. The maximum atomic E-state index is 12.2. The van der Waals surface area contributed by atoms with Crippen molar-refractivity contribution in [3.63, 3.8) is 0 Å². The van der Waals surface area contributed by atoms with Crippen molar-refractivity contribution in [2.45, 2.75) is 6.54 Å². The van der Waals surface area contributed by atoms with Crippen LogP contribution in [0.1, 0.15) is 15.9 Å². The lowest BCUT2D eigenvalue weighted by Gasteiger charge is -2.17. The molecule has 2 rings (SSSR count). The molecule has 0 bridgehead atoms. The van der Waals surface area contributed by atoms with E-state index in [4.69, 9.17) is 0 Å². The third kappa shape index (κ3) is 3.58. The number of rotatable bonds is 3. The van der Waals surface area contributed by atoms with Crippen molar-refractivity contribution in [2.24, 2.45) is 0 Å². The van der Waals surface area contributed by atoms with Gasteiger partial charge in [-0.1, -0.05) is 28.1 Å². The number of hydrogen-bond acceptors (Lipinski definition) is 2. The van der Waals surface area contributed by atoms with Crippen LogP contribution in [0.15, 0.2) is 53.0 Å². The zero-order valence-electron chi connectivity index (χ0n) is 10.5. The summed E-state index contributed by atoms with van der Waals surface area (Å²) in [4.78, 5) is 13.8. The molecule has 2 aromatic rings. The Morgan fingerprint density at radius 1 is 1.21 bits per heavy atom. The number of phenols is 1. The number of nitrogens with zero attached hydrogens (tertiary/aromatic N) is 1. The van der Waals surface area contributed by atoms with Gasteiger partial charge in [0.05, 0.1) is 0 Å². The van der Waals surface area contributed by atoms with Gasteiger partial charge in [0.25, 0.3) is 5.91 Å². The van der Waals surface area contributed by atoms with Gasteiger partial charge < -0.3 is 10.0 Å². The van der Waals surface area contributed by atoms with E-state index < -0.39 is 0 Å². The van der Waals surface area contributed by atoms with E-state index in [2.05, 4.69) is 15.9 Å². The van der Waals surface area contributed by atoms with E-state index >= 15 is 0 Å². The maximum Gasteiger partial charge on any atom is 0.253 e. The van der Waals surface area contributed by atoms with Gasteiger partial charge in [-0.2, -0.15) is 0 Å². The van der Waals surface area contributed by atoms with E-state index in [1.165, 1.54) is 12.1 Å². The summed E-state index contributed by atoms with van der Waals surface area (Å²) < 4.78 is 0.996. The van der Waals surface area contributed by atoms with E-state index in [9.17, 15) is 9.90 Å². The number of amides is 1. The molecule has 3 nitrogen and oxygen atoms in total. The van der Waals surface area contributed by atoms with Crippen molar-refractivity contribution in [1.82, 2.24) is 4.90 Å². The molecule has 0 aliphatic carbocycles. The molecule has 19 heavy (non-hydrogen) atoms. The highest BCUT2D eigenvalue weighted by Gasteiger charge is 2.11. The summed E-state index contributed by atoms with van der Waals surface area (Å²) in [6.45, 7) is 0.541. The van der Waals surface area contributed by atoms with Gasteiger partial charge in [0.1, 0.15) is 5.75 Å². The molecule has 1 N–H and O–H groups in total. The first-order valence-electron chi connectivity index (χ1n) is 5.85. The van der Waals surface area contributed by atoms with Crippen LogP contribution in [-0.2, 0) is 6.54 Å². The van der Waals surface area contributed by atoms with Gasteiger partial charge in [-0.15, -0.1) is 0 Å². The first kappa shape index (κ1) is 13.6. The molecular weight excluding hydrogens is 306 g/mol. The molecule has 0 heterocycles. The van der Waals surface area contributed by atoms with Crippen molar-refractivity contribution in [3.8, 4) is 5.75 Å². The minimum absolute atomic E-state index is 0.0695. The molecule has 0 fully saturated rings. The molecule has 0 saturated carbocycles. The predicted octanol–water partition coefficient (Wildman–Crippen LogP) is 3.43. The van der Waals surface area contributed by atoms with Crippen molar-refractivity contribution in [1.29, 1.82) is 0 Å². The topological polar surface area (TPSA) is 40.5 Å². The molecule has 0 unspecified atom stereocenters. The van der Waals surface area contributed by atoms with Gasteiger partial charge in [0.15, 0.2) is 0 Å². The summed E-state index contributed by atoms with van der Waals surface area (Å²) in [6, 6.07) is 14.1. The minimum atomic E-state index is -0.0695. The summed E-state index contributed by atoms with van der Waals surface area (Å²) in [5, 5.41) is 9.21. The Morgan fingerprint density at radius 3 is 2.53 bits per heavy atom. The van der Waals surface area contributed by atoms with E-state index in [0.29, 0.717) is 12.1 Å². The highest BCUT2D eigenvalue weighted by atomic mass is 79.9. The van der Waals surface area contributed by atoms with Crippen molar-refractivity contribution >= 4 is 21.8 Å². The fourth-order valence-electron chi connectivity index (χ4n) is 1.81. The Kier molecular flexibility index (Phi) is 4.22. The number of phenolic OH excluding ortho intramolecular Hbond substituents is 1. The monoisotopic (exact) mass is 319 g/mol. The number of carbonyl (C=O) groups is 1. The first-order valence-corrected chi connectivity index (χ1v) is 6.64. The second kappa shape index (κ2) is 5.89. The summed E-state index contributed by atoms with van der Waals surface area (Å²) in [7, 11) is 1.76. The minimum Gasteiger partial charge on any atom is -0.508 e. The Labute approximate surface area is 120 Å². The number of benzene rings is 2. The van der Waals surface area contributed by atoms with E-state index in [-0.39, 0.29) is 11.7 Å². The number of carbonyl (C=O) groups excluding carboxylic acids is 1. The zero-order chi connectivity index (χ0) is 13.8. The lowest BCUT2D eigenvalue weighted by Crippen LogP contribution is -2.26. The average Bonchev–Trinajstić information content (AvgIpc) is 2.39. The lowest BCUT2D eigenvalue weighted by molar-refractivity contribution is 0.0785. The third-order valence-corrected chi connectivity index (χ3v) is 3.26. The molecule has 1 amide bonds. The van der Waals surface area contributed by atoms with Crippen LogP contribution in [0.4, 0.5) is 0 Å². The van der Waals surface area contributed by atoms with Gasteiger partial charge in [-0.3, -0.25) is 4.79 Å². The van der Waals surface area contributed by atoms with Crippen LogP contribution >= 0.6 is 15.9 Å². The number of hydrogen-bond donors (Lipinski definition) is 1. The fraction of sp³-hybridized carbons (Fsp3) is 0.133. The standard InChI is InChI=1S/C15H14BrNO2/c1-17(10-11-3-2-4-13(16)9-11)15(19)12-5-7-14(18)8-6-12/h2-9,18H,10H2,1H3. The SMILES string of the molecule is CN(Cc1cccc(Br)c1)C(=O)c1ccc(O)cc1. The summed E-state index contributed by atoms with van der Waals surface area (Å²) in [5.41, 5.74) is 1.62. The van der Waals surface area contributed by atoms with E-state index in [1.54, 1.807) is 24.1 Å². The quantitative estimate of drug-likeness (QED) is 0.941. The smallest absolute Gasteiger partial charge is 0.253 e. The van der Waals surface area contributed by atoms with E-state index in [1.807, 2.05) is 24.3 Å². The van der Waals surface area contributed by atoms with Crippen LogP contribution in [-0.4, -0.2) is 23.0 Å².